The number of sulfonamides is 1. The molecule has 7 nitrogen and oxygen atoms in total. The van der Waals surface area contributed by atoms with Crippen molar-refractivity contribution in [3.05, 3.63) is 48.5 Å². The fraction of sp³-hybridized carbons (Fsp3) is 0.350. The second kappa shape index (κ2) is 9.98. The third kappa shape index (κ3) is 6.16. The zero-order chi connectivity index (χ0) is 20.6. The van der Waals surface area contributed by atoms with Crippen LogP contribution in [0.25, 0.3) is 0 Å². The Balaban J connectivity index is 2.15. The number of nitrogens with one attached hydrogen (secondary N) is 1. The highest BCUT2D eigenvalue weighted by molar-refractivity contribution is 7.92. The van der Waals surface area contributed by atoms with Crippen LogP contribution in [0.1, 0.15) is 20.3 Å². The number of hydrogen-bond acceptors (Lipinski definition) is 5. The molecule has 0 fully saturated rings. The maximum atomic E-state index is 12.5. The first kappa shape index (κ1) is 21.6. The number of anilines is 2. The van der Waals surface area contributed by atoms with Gasteiger partial charge in [0, 0.05) is 0 Å². The van der Waals surface area contributed by atoms with Gasteiger partial charge in [0.05, 0.1) is 30.8 Å². The molecule has 28 heavy (non-hydrogen) atoms. The first-order valence-electron chi connectivity index (χ1n) is 9.07. The smallest absolute Gasteiger partial charge is 0.245 e. The molecule has 0 spiro atoms. The molecule has 0 aliphatic heterocycles. The molecule has 0 saturated heterocycles. The van der Waals surface area contributed by atoms with E-state index in [1.807, 2.05) is 13.8 Å². The molecule has 152 valence electrons. The van der Waals surface area contributed by atoms with E-state index in [9.17, 15) is 13.2 Å². The van der Waals surface area contributed by atoms with Crippen molar-refractivity contribution in [2.45, 2.75) is 20.3 Å². The Kier molecular flexibility index (Phi) is 7.69. The van der Waals surface area contributed by atoms with Gasteiger partial charge in [-0.05, 0) is 49.7 Å². The van der Waals surface area contributed by atoms with E-state index in [2.05, 4.69) is 5.32 Å². The summed E-state index contributed by atoms with van der Waals surface area (Å²) in [4.78, 5) is 12.5. The summed E-state index contributed by atoms with van der Waals surface area (Å²) in [5, 5.41) is 2.71. The molecule has 0 aliphatic carbocycles. The molecular weight excluding hydrogens is 380 g/mol. The van der Waals surface area contributed by atoms with E-state index in [4.69, 9.17) is 9.47 Å². The summed E-state index contributed by atoms with van der Waals surface area (Å²) in [6.45, 7) is 4.53. The van der Waals surface area contributed by atoms with Crippen LogP contribution in [-0.4, -0.2) is 40.3 Å². The molecule has 0 aromatic heterocycles. The van der Waals surface area contributed by atoms with E-state index < -0.39 is 15.9 Å². The largest absolute Gasteiger partial charge is 0.494 e. The van der Waals surface area contributed by atoms with Crippen molar-refractivity contribution in [1.82, 2.24) is 0 Å². The molecule has 0 radical (unpaired) electrons. The number of rotatable bonds is 10. The maximum Gasteiger partial charge on any atom is 0.245 e. The molecule has 0 aliphatic rings. The fourth-order valence-corrected chi connectivity index (χ4v) is 3.36. The average Bonchev–Trinajstić information content (AvgIpc) is 2.66. The van der Waals surface area contributed by atoms with Crippen LogP contribution in [0.3, 0.4) is 0 Å². The highest BCUT2D eigenvalue weighted by Crippen LogP contribution is 2.25. The van der Waals surface area contributed by atoms with E-state index in [1.165, 1.54) is 0 Å². The van der Waals surface area contributed by atoms with Gasteiger partial charge in [-0.1, -0.05) is 19.1 Å². The van der Waals surface area contributed by atoms with E-state index in [1.54, 1.807) is 48.5 Å². The number of carbonyl (C=O) groups is 1. The van der Waals surface area contributed by atoms with Crippen molar-refractivity contribution in [2.75, 3.05) is 35.6 Å². The monoisotopic (exact) mass is 406 g/mol. The molecule has 0 saturated carbocycles. The third-order valence-corrected chi connectivity index (χ3v) is 4.89. The van der Waals surface area contributed by atoms with Gasteiger partial charge in [0.1, 0.15) is 18.0 Å². The molecule has 2 aromatic carbocycles. The predicted molar refractivity (Wildman–Crippen MR) is 111 cm³/mol. The van der Waals surface area contributed by atoms with Crippen LogP contribution in [0.4, 0.5) is 11.4 Å². The topological polar surface area (TPSA) is 84.9 Å². The molecule has 1 amide bonds. The first-order valence-corrected chi connectivity index (χ1v) is 10.9. The van der Waals surface area contributed by atoms with Crippen molar-refractivity contribution in [1.29, 1.82) is 0 Å². The van der Waals surface area contributed by atoms with E-state index in [0.29, 0.717) is 36.1 Å². The van der Waals surface area contributed by atoms with Crippen LogP contribution in [-0.2, 0) is 14.8 Å². The lowest BCUT2D eigenvalue weighted by molar-refractivity contribution is -0.114. The molecule has 2 rings (SSSR count). The standard InChI is InChI=1S/C20H26N2O5S/c1-4-14-27-17-12-10-16(11-13-17)22(28(3,24)25)15-20(23)21-18-8-6-7-9-19(18)26-5-2/h6-13H,4-5,14-15H2,1-3H3,(H,21,23). The minimum absolute atomic E-state index is 0.353. The maximum absolute atomic E-state index is 12.5. The van der Waals surface area contributed by atoms with Crippen LogP contribution >= 0.6 is 0 Å². The minimum Gasteiger partial charge on any atom is -0.494 e. The molecule has 0 unspecified atom stereocenters. The van der Waals surface area contributed by atoms with Gasteiger partial charge < -0.3 is 14.8 Å². The van der Waals surface area contributed by atoms with Crippen LogP contribution in [0, 0.1) is 0 Å². The molecule has 0 bridgehead atoms. The first-order chi connectivity index (χ1) is 13.3. The third-order valence-electron chi connectivity index (χ3n) is 3.75. The molecular formula is C20H26N2O5S. The Morgan fingerprint density at radius 1 is 1.04 bits per heavy atom. The summed E-state index contributed by atoms with van der Waals surface area (Å²) >= 11 is 0. The summed E-state index contributed by atoms with van der Waals surface area (Å²) in [5.41, 5.74) is 0.880. The Morgan fingerprint density at radius 2 is 1.71 bits per heavy atom. The number of hydrogen-bond donors (Lipinski definition) is 1. The van der Waals surface area contributed by atoms with E-state index >= 15 is 0 Å². The second-order valence-electron chi connectivity index (χ2n) is 6.09. The van der Waals surface area contributed by atoms with Crippen molar-refractivity contribution in [2.24, 2.45) is 0 Å². The van der Waals surface area contributed by atoms with Gasteiger partial charge in [-0.2, -0.15) is 0 Å². The molecule has 2 aromatic rings. The average molecular weight is 407 g/mol. The van der Waals surface area contributed by atoms with Gasteiger partial charge >= 0.3 is 0 Å². The minimum atomic E-state index is -3.66. The van der Waals surface area contributed by atoms with Gasteiger partial charge in [-0.15, -0.1) is 0 Å². The zero-order valence-corrected chi connectivity index (χ0v) is 17.2. The molecule has 0 heterocycles. The van der Waals surface area contributed by atoms with Crippen molar-refractivity contribution >= 4 is 27.3 Å². The van der Waals surface area contributed by atoms with Crippen molar-refractivity contribution < 1.29 is 22.7 Å². The summed E-state index contributed by atoms with van der Waals surface area (Å²) in [6.07, 6.45) is 1.94. The summed E-state index contributed by atoms with van der Waals surface area (Å²) in [7, 11) is -3.66. The van der Waals surface area contributed by atoms with Crippen molar-refractivity contribution in [3.63, 3.8) is 0 Å². The summed E-state index contributed by atoms with van der Waals surface area (Å²) in [6, 6.07) is 13.6. The second-order valence-corrected chi connectivity index (χ2v) is 8.00. The van der Waals surface area contributed by atoms with Gasteiger partial charge in [0.25, 0.3) is 0 Å². The number of para-hydroxylation sites is 2. The number of amides is 1. The zero-order valence-electron chi connectivity index (χ0n) is 16.3. The van der Waals surface area contributed by atoms with Gasteiger partial charge in [0.2, 0.25) is 15.9 Å². The SMILES string of the molecule is CCCOc1ccc(N(CC(=O)Nc2ccccc2OCC)S(C)(=O)=O)cc1. The Bertz CT molecular complexity index is 882. The van der Waals surface area contributed by atoms with E-state index in [0.717, 1.165) is 17.0 Å². The molecule has 8 heteroatoms. The number of carbonyl (C=O) groups excluding carboxylic acids is 1. The number of benzene rings is 2. The summed E-state index contributed by atoms with van der Waals surface area (Å²) in [5.74, 6) is 0.708. The number of nitrogens with zero attached hydrogens (tertiary/aromatic N) is 1. The van der Waals surface area contributed by atoms with Gasteiger partial charge in [0.15, 0.2) is 0 Å². The normalized spacial score (nSPS) is 11.0. The Labute approximate surface area is 166 Å². The van der Waals surface area contributed by atoms with Crippen molar-refractivity contribution in [3.8, 4) is 11.5 Å². The van der Waals surface area contributed by atoms with Crippen LogP contribution in [0.2, 0.25) is 0 Å². The Morgan fingerprint density at radius 3 is 2.32 bits per heavy atom. The number of ether oxygens (including phenoxy) is 2. The lowest BCUT2D eigenvalue weighted by atomic mass is 10.3. The van der Waals surface area contributed by atoms with Gasteiger partial charge in [-0.25, -0.2) is 8.42 Å². The lowest BCUT2D eigenvalue weighted by Gasteiger charge is -2.22. The fourth-order valence-electron chi connectivity index (χ4n) is 2.50. The molecule has 1 N–H and O–H groups in total. The highest BCUT2D eigenvalue weighted by atomic mass is 32.2. The van der Waals surface area contributed by atoms with Gasteiger partial charge in [-0.3, -0.25) is 9.10 Å². The highest BCUT2D eigenvalue weighted by Gasteiger charge is 2.21. The predicted octanol–water partition coefficient (Wildman–Crippen LogP) is 3.28. The van der Waals surface area contributed by atoms with E-state index in [-0.39, 0.29) is 6.54 Å². The van der Waals surface area contributed by atoms with Crippen LogP contribution in [0.5, 0.6) is 11.5 Å². The lowest BCUT2D eigenvalue weighted by Crippen LogP contribution is -2.37. The summed E-state index contributed by atoms with van der Waals surface area (Å²) < 4.78 is 36.5. The van der Waals surface area contributed by atoms with Crippen LogP contribution in [0.15, 0.2) is 48.5 Å². The molecule has 0 atom stereocenters. The quantitative estimate of drug-likeness (QED) is 0.655. The Hall–Kier alpha value is -2.74. The van der Waals surface area contributed by atoms with Crippen LogP contribution < -0.4 is 19.1 Å².